The van der Waals surface area contributed by atoms with Crippen molar-refractivity contribution in [1.29, 1.82) is 0 Å². The summed E-state index contributed by atoms with van der Waals surface area (Å²) in [6, 6.07) is 11.9. The van der Waals surface area contributed by atoms with Crippen molar-refractivity contribution >= 4 is 27.2 Å². The van der Waals surface area contributed by atoms with Gasteiger partial charge in [0.2, 0.25) is 0 Å². The van der Waals surface area contributed by atoms with Gasteiger partial charge in [-0.2, -0.15) is 0 Å². The third-order valence-corrected chi connectivity index (χ3v) is 4.25. The van der Waals surface area contributed by atoms with E-state index in [9.17, 15) is 0 Å². The van der Waals surface area contributed by atoms with Crippen molar-refractivity contribution in [3.05, 3.63) is 42.0 Å². The highest BCUT2D eigenvalue weighted by Crippen LogP contribution is 2.36. The first-order valence-electron chi connectivity index (χ1n) is 5.99. The van der Waals surface area contributed by atoms with Crippen molar-refractivity contribution in [2.45, 2.75) is 6.92 Å². The van der Waals surface area contributed by atoms with Crippen LogP contribution in [0.2, 0.25) is 0 Å². The fraction of sp³-hybridized carbons (Fsp3) is 0.133. The summed E-state index contributed by atoms with van der Waals surface area (Å²) in [6.45, 7) is 2.01. The molecule has 0 spiro atoms. The molecule has 0 radical (unpaired) electrons. The Morgan fingerprint density at radius 1 is 1.21 bits per heavy atom. The number of benzene rings is 2. The number of methoxy groups -OCH3 is 1. The van der Waals surface area contributed by atoms with Crippen LogP contribution >= 0.6 is 11.3 Å². The van der Waals surface area contributed by atoms with Crippen LogP contribution in [0.4, 0.5) is 5.69 Å². The third kappa shape index (κ3) is 2.04. The summed E-state index contributed by atoms with van der Waals surface area (Å²) in [7, 11) is 1.68. The highest BCUT2D eigenvalue weighted by molar-refractivity contribution is 7.22. The average Bonchev–Trinajstić information content (AvgIpc) is 2.85. The summed E-state index contributed by atoms with van der Waals surface area (Å²) in [6.07, 6.45) is 0. The van der Waals surface area contributed by atoms with E-state index < -0.39 is 0 Å². The molecule has 2 N–H and O–H groups in total. The van der Waals surface area contributed by atoms with Gasteiger partial charge in [-0.25, -0.2) is 4.98 Å². The molecule has 0 aliphatic carbocycles. The van der Waals surface area contributed by atoms with Crippen LogP contribution in [0.3, 0.4) is 0 Å². The number of nitrogens with two attached hydrogens (primary N) is 1. The molecule has 2 aromatic carbocycles. The van der Waals surface area contributed by atoms with Gasteiger partial charge < -0.3 is 10.5 Å². The van der Waals surface area contributed by atoms with Crippen LogP contribution in [0.25, 0.3) is 20.8 Å². The number of hydrogen-bond acceptors (Lipinski definition) is 4. The topological polar surface area (TPSA) is 48.1 Å². The van der Waals surface area contributed by atoms with Gasteiger partial charge in [0.25, 0.3) is 0 Å². The van der Waals surface area contributed by atoms with Crippen LogP contribution in [0.1, 0.15) is 5.56 Å². The number of ether oxygens (including phenoxy) is 1. The maximum absolute atomic E-state index is 5.85. The van der Waals surface area contributed by atoms with E-state index in [1.54, 1.807) is 18.4 Å². The Balaban J connectivity index is 2.17. The Kier molecular flexibility index (Phi) is 2.87. The van der Waals surface area contributed by atoms with E-state index in [2.05, 4.69) is 11.1 Å². The van der Waals surface area contributed by atoms with Gasteiger partial charge in [0.15, 0.2) is 0 Å². The van der Waals surface area contributed by atoms with Gasteiger partial charge in [0.1, 0.15) is 10.8 Å². The first kappa shape index (κ1) is 12.0. The molecule has 0 saturated heterocycles. The van der Waals surface area contributed by atoms with Gasteiger partial charge >= 0.3 is 0 Å². The van der Waals surface area contributed by atoms with Crippen LogP contribution in [0.15, 0.2) is 36.4 Å². The Bertz CT molecular complexity index is 749. The van der Waals surface area contributed by atoms with Gasteiger partial charge in [0, 0.05) is 11.3 Å². The summed E-state index contributed by atoms with van der Waals surface area (Å²) in [4.78, 5) is 4.66. The molecule has 0 bridgehead atoms. The zero-order chi connectivity index (χ0) is 13.4. The van der Waals surface area contributed by atoms with Crippen LogP contribution in [0, 0.1) is 6.92 Å². The lowest BCUT2D eigenvalue weighted by Gasteiger charge is -2.01. The van der Waals surface area contributed by atoms with Gasteiger partial charge in [0.05, 0.1) is 17.3 Å². The lowest BCUT2D eigenvalue weighted by molar-refractivity contribution is 0.420. The molecule has 0 atom stereocenters. The molecule has 19 heavy (non-hydrogen) atoms. The van der Waals surface area contributed by atoms with Crippen LogP contribution < -0.4 is 10.5 Å². The van der Waals surface area contributed by atoms with Gasteiger partial charge in [-0.15, -0.1) is 11.3 Å². The quantitative estimate of drug-likeness (QED) is 0.719. The first-order valence-corrected chi connectivity index (χ1v) is 6.81. The number of rotatable bonds is 2. The van der Waals surface area contributed by atoms with Gasteiger partial charge in [-0.05, 0) is 42.8 Å². The van der Waals surface area contributed by atoms with Gasteiger partial charge in [-0.3, -0.25) is 0 Å². The monoisotopic (exact) mass is 270 g/mol. The molecule has 3 aromatic rings. The number of hydrogen-bond donors (Lipinski definition) is 1. The normalized spacial score (nSPS) is 10.8. The Morgan fingerprint density at radius 2 is 2.05 bits per heavy atom. The fourth-order valence-corrected chi connectivity index (χ4v) is 3.07. The second kappa shape index (κ2) is 4.55. The summed E-state index contributed by atoms with van der Waals surface area (Å²) in [5.41, 5.74) is 9.79. The van der Waals surface area contributed by atoms with E-state index in [-0.39, 0.29) is 0 Å². The predicted octanol–water partition coefficient (Wildman–Crippen LogP) is 3.86. The lowest BCUT2D eigenvalue weighted by atomic mass is 10.1. The molecule has 0 aliphatic heterocycles. The van der Waals surface area contributed by atoms with Crippen molar-refractivity contribution in [2.24, 2.45) is 0 Å². The molecular formula is C15H14N2OS. The molecule has 0 amide bonds. The second-order valence-electron chi connectivity index (χ2n) is 4.40. The Labute approximate surface area is 115 Å². The minimum Gasteiger partial charge on any atom is -0.495 e. The van der Waals surface area contributed by atoms with Crippen molar-refractivity contribution < 1.29 is 4.74 Å². The molecule has 3 nitrogen and oxygen atoms in total. The van der Waals surface area contributed by atoms with Crippen molar-refractivity contribution in [3.8, 4) is 16.3 Å². The van der Waals surface area contributed by atoms with Crippen LogP contribution in [-0.4, -0.2) is 12.1 Å². The van der Waals surface area contributed by atoms with Crippen LogP contribution in [-0.2, 0) is 0 Å². The molecule has 96 valence electrons. The number of fused-ring (bicyclic) bond motifs is 1. The molecule has 0 saturated carbocycles. The maximum atomic E-state index is 5.85. The molecule has 0 fully saturated rings. The van der Waals surface area contributed by atoms with E-state index in [4.69, 9.17) is 10.5 Å². The summed E-state index contributed by atoms with van der Waals surface area (Å²) >= 11 is 1.64. The molecule has 0 unspecified atom stereocenters. The highest BCUT2D eigenvalue weighted by Gasteiger charge is 2.10. The Morgan fingerprint density at radius 3 is 2.79 bits per heavy atom. The van der Waals surface area contributed by atoms with E-state index in [0.29, 0.717) is 0 Å². The number of anilines is 1. The zero-order valence-corrected chi connectivity index (χ0v) is 11.6. The lowest BCUT2D eigenvalue weighted by Crippen LogP contribution is -1.89. The van der Waals surface area contributed by atoms with Crippen molar-refractivity contribution in [3.63, 3.8) is 0 Å². The number of aryl methyl sites for hydroxylation is 1. The third-order valence-electron chi connectivity index (χ3n) is 3.12. The minimum atomic E-state index is 0.808. The smallest absolute Gasteiger partial charge is 0.138 e. The molecular weight excluding hydrogens is 256 g/mol. The van der Waals surface area contributed by atoms with Gasteiger partial charge in [-0.1, -0.05) is 6.07 Å². The molecule has 1 heterocycles. The number of nitrogen functional groups attached to an aromatic ring is 1. The molecule has 3 rings (SSSR count). The SMILES string of the molecule is COc1cccc2nc(-c3ccc(N)c(C)c3)sc12. The minimum absolute atomic E-state index is 0.808. The highest BCUT2D eigenvalue weighted by atomic mass is 32.1. The number of thiazole rings is 1. The fourth-order valence-electron chi connectivity index (χ4n) is 2.02. The van der Waals surface area contributed by atoms with E-state index >= 15 is 0 Å². The Hall–Kier alpha value is -2.07. The standard InChI is InChI=1S/C15H14N2OS/c1-9-8-10(6-7-11(9)16)15-17-12-4-3-5-13(18-2)14(12)19-15/h3-8H,16H2,1-2H3. The first-order chi connectivity index (χ1) is 9.19. The van der Waals surface area contributed by atoms with Crippen LogP contribution in [0.5, 0.6) is 5.75 Å². The van der Waals surface area contributed by atoms with Crippen molar-refractivity contribution in [2.75, 3.05) is 12.8 Å². The largest absolute Gasteiger partial charge is 0.495 e. The van der Waals surface area contributed by atoms with E-state index in [0.717, 1.165) is 37.8 Å². The zero-order valence-electron chi connectivity index (χ0n) is 10.8. The molecule has 0 aliphatic rings. The second-order valence-corrected chi connectivity index (χ2v) is 5.40. The van der Waals surface area contributed by atoms with Crippen molar-refractivity contribution in [1.82, 2.24) is 4.98 Å². The maximum Gasteiger partial charge on any atom is 0.138 e. The number of nitrogens with zero attached hydrogens (tertiary/aromatic N) is 1. The molecule has 1 aromatic heterocycles. The summed E-state index contributed by atoms with van der Waals surface area (Å²) in [5.74, 6) is 0.869. The summed E-state index contributed by atoms with van der Waals surface area (Å²) < 4.78 is 6.45. The predicted molar refractivity (Wildman–Crippen MR) is 80.8 cm³/mol. The van der Waals surface area contributed by atoms with E-state index in [1.165, 1.54) is 0 Å². The average molecular weight is 270 g/mol. The van der Waals surface area contributed by atoms with E-state index in [1.807, 2.05) is 37.3 Å². The number of aromatic nitrogens is 1. The summed E-state index contributed by atoms with van der Waals surface area (Å²) in [5, 5.41) is 0.989. The molecule has 4 heteroatoms.